The molecule has 2 rings (SSSR count). The van der Waals surface area contributed by atoms with Crippen molar-refractivity contribution < 1.29 is 26.7 Å². The van der Waals surface area contributed by atoms with Gasteiger partial charge in [-0.05, 0) is 25.5 Å². The first-order chi connectivity index (χ1) is 9.64. The third kappa shape index (κ3) is 3.33. The number of amides is 1. The lowest BCUT2D eigenvalue weighted by Gasteiger charge is -2.23. The molecule has 0 aliphatic carbocycles. The summed E-state index contributed by atoms with van der Waals surface area (Å²) in [5.74, 6) is -3.73. The molecule has 1 aliphatic heterocycles. The van der Waals surface area contributed by atoms with E-state index in [4.69, 9.17) is 15.4 Å². The summed E-state index contributed by atoms with van der Waals surface area (Å²) in [6.07, 6.45) is 0.482. The number of benzene rings is 1. The summed E-state index contributed by atoms with van der Waals surface area (Å²) in [7, 11) is 0.626. The van der Waals surface area contributed by atoms with Gasteiger partial charge in [-0.2, -0.15) is 0 Å². The average Bonchev–Trinajstić information content (AvgIpc) is 2.73. The maximum Gasteiger partial charge on any atom is 0.264 e. The molecule has 0 bridgehead atoms. The van der Waals surface area contributed by atoms with E-state index in [0.29, 0.717) is 25.2 Å². The standard InChI is InChI=1S/C12H12ClF2NO4S/c1-12(4-5-20-6-12)16-11(17)9-7(14)2-3-8(10(9)15)21(13,18)19/h2-3H,4-6H2,1H3,(H,16,17). The van der Waals surface area contributed by atoms with Crippen LogP contribution in [0.3, 0.4) is 0 Å². The number of hydrogen-bond acceptors (Lipinski definition) is 4. The Bertz CT molecular complexity index is 687. The van der Waals surface area contributed by atoms with Gasteiger partial charge in [0, 0.05) is 17.3 Å². The van der Waals surface area contributed by atoms with Gasteiger partial charge in [0.25, 0.3) is 15.0 Å². The zero-order valence-electron chi connectivity index (χ0n) is 11.0. The Hall–Kier alpha value is -1.25. The second kappa shape index (κ2) is 5.51. The number of carbonyl (C=O) groups is 1. The topological polar surface area (TPSA) is 72.5 Å². The van der Waals surface area contributed by atoms with Crippen LogP contribution in [-0.2, 0) is 13.8 Å². The number of halogens is 3. The zero-order valence-corrected chi connectivity index (χ0v) is 12.5. The second-order valence-corrected chi connectivity index (χ2v) is 7.52. The van der Waals surface area contributed by atoms with Crippen molar-refractivity contribution in [2.24, 2.45) is 0 Å². The molecule has 1 amide bonds. The highest BCUT2D eigenvalue weighted by atomic mass is 35.7. The third-order valence-corrected chi connectivity index (χ3v) is 4.52. The van der Waals surface area contributed by atoms with E-state index in [1.807, 2.05) is 0 Å². The molecule has 0 saturated carbocycles. The van der Waals surface area contributed by atoms with E-state index in [9.17, 15) is 22.0 Å². The van der Waals surface area contributed by atoms with Crippen molar-refractivity contribution >= 4 is 25.6 Å². The van der Waals surface area contributed by atoms with Gasteiger partial charge in [-0.25, -0.2) is 17.2 Å². The molecule has 9 heteroatoms. The molecule has 1 unspecified atom stereocenters. The van der Waals surface area contributed by atoms with Crippen molar-refractivity contribution in [3.63, 3.8) is 0 Å². The molecule has 116 valence electrons. The van der Waals surface area contributed by atoms with Gasteiger partial charge in [0.05, 0.1) is 12.1 Å². The molecule has 0 aromatic heterocycles. The normalized spacial score (nSPS) is 22.3. The molecular formula is C12H12ClF2NO4S. The summed E-state index contributed by atoms with van der Waals surface area (Å²) in [4.78, 5) is 11.1. The Balaban J connectivity index is 2.41. The third-order valence-electron chi connectivity index (χ3n) is 3.18. The zero-order chi connectivity index (χ0) is 15.8. The smallest absolute Gasteiger partial charge is 0.264 e. The van der Waals surface area contributed by atoms with Gasteiger partial charge < -0.3 is 10.1 Å². The minimum atomic E-state index is -4.42. The molecule has 5 nitrogen and oxygen atoms in total. The van der Waals surface area contributed by atoms with Gasteiger partial charge in [-0.15, -0.1) is 0 Å². The van der Waals surface area contributed by atoms with Gasteiger partial charge in [-0.3, -0.25) is 4.79 Å². The van der Waals surface area contributed by atoms with Crippen LogP contribution in [0.1, 0.15) is 23.7 Å². The van der Waals surface area contributed by atoms with E-state index < -0.39 is 42.6 Å². The molecule has 1 N–H and O–H groups in total. The summed E-state index contributed by atoms with van der Waals surface area (Å²) in [5.41, 5.74) is -1.74. The summed E-state index contributed by atoms with van der Waals surface area (Å²) < 4.78 is 55.3. The first-order valence-electron chi connectivity index (χ1n) is 5.97. The van der Waals surface area contributed by atoms with E-state index in [0.717, 1.165) is 0 Å². The predicted octanol–water partition coefficient (Wildman–Crippen LogP) is 1.80. The second-order valence-electron chi connectivity index (χ2n) is 4.99. The van der Waals surface area contributed by atoms with E-state index in [2.05, 4.69) is 5.32 Å². The maximum absolute atomic E-state index is 14.1. The molecule has 0 radical (unpaired) electrons. The molecule has 1 saturated heterocycles. The minimum absolute atomic E-state index is 0.204. The number of rotatable bonds is 3. The van der Waals surface area contributed by atoms with Crippen molar-refractivity contribution in [3.8, 4) is 0 Å². The fourth-order valence-electron chi connectivity index (χ4n) is 2.03. The number of nitrogens with one attached hydrogen (secondary N) is 1. The van der Waals surface area contributed by atoms with Crippen LogP contribution in [0, 0.1) is 11.6 Å². The van der Waals surface area contributed by atoms with Crippen molar-refractivity contribution in [1.29, 1.82) is 0 Å². The van der Waals surface area contributed by atoms with Gasteiger partial charge in [0.1, 0.15) is 16.3 Å². The van der Waals surface area contributed by atoms with Crippen molar-refractivity contribution in [2.75, 3.05) is 13.2 Å². The largest absolute Gasteiger partial charge is 0.379 e. The quantitative estimate of drug-likeness (QED) is 0.852. The summed E-state index contributed by atoms with van der Waals surface area (Å²) in [6, 6.07) is 1.35. The van der Waals surface area contributed by atoms with Gasteiger partial charge in [-0.1, -0.05) is 0 Å². The average molecular weight is 340 g/mol. The van der Waals surface area contributed by atoms with Gasteiger partial charge in [0.2, 0.25) is 0 Å². The van der Waals surface area contributed by atoms with Crippen LogP contribution in [0.5, 0.6) is 0 Å². The summed E-state index contributed by atoms with van der Waals surface area (Å²) in [5, 5.41) is 2.45. The molecule has 21 heavy (non-hydrogen) atoms. The highest BCUT2D eigenvalue weighted by Crippen LogP contribution is 2.25. The Morgan fingerprint density at radius 1 is 1.43 bits per heavy atom. The van der Waals surface area contributed by atoms with Gasteiger partial charge >= 0.3 is 0 Å². The number of hydrogen-bond donors (Lipinski definition) is 1. The number of ether oxygens (including phenoxy) is 1. The van der Waals surface area contributed by atoms with Crippen molar-refractivity contribution in [3.05, 3.63) is 29.3 Å². The maximum atomic E-state index is 14.1. The van der Waals surface area contributed by atoms with Crippen LogP contribution in [0.15, 0.2) is 17.0 Å². The van der Waals surface area contributed by atoms with E-state index >= 15 is 0 Å². The minimum Gasteiger partial charge on any atom is -0.379 e. The Morgan fingerprint density at radius 3 is 2.62 bits per heavy atom. The highest BCUT2D eigenvalue weighted by Gasteiger charge is 2.34. The van der Waals surface area contributed by atoms with Crippen molar-refractivity contribution in [1.82, 2.24) is 5.32 Å². The molecular weight excluding hydrogens is 328 g/mol. The first-order valence-corrected chi connectivity index (χ1v) is 8.28. The summed E-state index contributed by atoms with van der Waals surface area (Å²) in [6.45, 7) is 2.28. The lowest BCUT2D eigenvalue weighted by molar-refractivity contribution is 0.0880. The fourth-order valence-corrected chi connectivity index (χ4v) is 2.94. The van der Waals surface area contributed by atoms with Crippen molar-refractivity contribution in [2.45, 2.75) is 23.8 Å². The molecule has 1 fully saturated rings. The SMILES string of the molecule is CC1(NC(=O)c2c(F)ccc(S(=O)(=O)Cl)c2F)CCOC1. The van der Waals surface area contributed by atoms with Gasteiger partial charge in [0.15, 0.2) is 5.82 Å². The van der Waals surface area contributed by atoms with Crippen LogP contribution in [0.25, 0.3) is 0 Å². The van der Waals surface area contributed by atoms with E-state index in [-0.39, 0.29) is 6.61 Å². The number of carbonyl (C=O) groups excluding carboxylic acids is 1. The summed E-state index contributed by atoms with van der Waals surface area (Å²) >= 11 is 0. The molecule has 0 spiro atoms. The monoisotopic (exact) mass is 339 g/mol. The fraction of sp³-hybridized carbons (Fsp3) is 0.417. The lowest BCUT2D eigenvalue weighted by atomic mass is 10.0. The molecule has 1 aromatic carbocycles. The Labute approximate surface area is 124 Å². The molecule has 1 aromatic rings. The Morgan fingerprint density at radius 2 is 2.10 bits per heavy atom. The van der Waals surface area contributed by atoms with Crippen LogP contribution < -0.4 is 5.32 Å². The molecule has 1 atom stereocenters. The molecule has 1 aliphatic rings. The molecule has 1 heterocycles. The van der Waals surface area contributed by atoms with Crippen LogP contribution >= 0.6 is 10.7 Å². The Kier molecular flexibility index (Phi) is 4.23. The predicted molar refractivity (Wildman–Crippen MR) is 70.7 cm³/mol. The lowest BCUT2D eigenvalue weighted by Crippen LogP contribution is -2.47. The van der Waals surface area contributed by atoms with E-state index in [1.165, 1.54) is 0 Å². The van der Waals surface area contributed by atoms with Crippen LogP contribution in [-0.4, -0.2) is 33.1 Å². The van der Waals surface area contributed by atoms with E-state index in [1.54, 1.807) is 6.92 Å². The van der Waals surface area contributed by atoms with Crippen LogP contribution in [0.4, 0.5) is 8.78 Å². The van der Waals surface area contributed by atoms with Crippen LogP contribution in [0.2, 0.25) is 0 Å². The highest BCUT2D eigenvalue weighted by molar-refractivity contribution is 8.13. The first kappa shape index (κ1) is 16.1.